The minimum absolute atomic E-state index is 0.249. The largest absolute Gasteiger partial charge is 0.506 e. The molecule has 1 aromatic heterocycles. The third-order valence-electron chi connectivity index (χ3n) is 1.63. The third kappa shape index (κ3) is 1.67. The monoisotopic (exact) mass is 167 g/mol. The molecule has 1 N–H and O–H groups in total. The molecule has 0 saturated heterocycles. The first kappa shape index (κ1) is 8.84. The van der Waals surface area contributed by atoms with E-state index in [9.17, 15) is 5.11 Å². The Labute approximate surface area is 72.0 Å². The van der Waals surface area contributed by atoms with Crippen LogP contribution in [0.15, 0.2) is 6.07 Å². The lowest BCUT2D eigenvalue weighted by Gasteiger charge is -2.06. The molecule has 0 aliphatic rings. The van der Waals surface area contributed by atoms with Gasteiger partial charge in [0.05, 0.1) is 12.3 Å². The maximum atomic E-state index is 9.38. The van der Waals surface area contributed by atoms with Gasteiger partial charge < -0.3 is 9.84 Å². The van der Waals surface area contributed by atoms with E-state index in [2.05, 4.69) is 4.98 Å². The zero-order valence-electron chi connectivity index (χ0n) is 7.59. The normalized spacial score (nSPS) is 9.92. The van der Waals surface area contributed by atoms with Crippen molar-refractivity contribution in [1.82, 2.24) is 4.98 Å². The van der Waals surface area contributed by atoms with Crippen molar-refractivity contribution in [2.24, 2.45) is 0 Å². The molecule has 0 spiro atoms. The van der Waals surface area contributed by atoms with Crippen molar-refractivity contribution in [3.05, 3.63) is 17.3 Å². The Bertz CT molecular complexity index is 261. The summed E-state index contributed by atoms with van der Waals surface area (Å²) in [6, 6.07) is 1.73. The predicted octanol–water partition coefficient (Wildman–Crippen LogP) is 1.80. The van der Waals surface area contributed by atoms with E-state index in [4.69, 9.17) is 4.74 Å². The molecule has 66 valence electrons. The highest BCUT2D eigenvalue weighted by atomic mass is 16.5. The van der Waals surface area contributed by atoms with Crippen molar-refractivity contribution >= 4 is 0 Å². The van der Waals surface area contributed by atoms with Gasteiger partial charge in [-0.25, -0.2) is 4.98 Å². The van der Waals surface area contributed by atoms with Crippen LogP contribution in [0.5, 0.6) is 11.6 Å². The van der Waals surface area contributed by atoms with Gasteiger partial charge in [0, 0.05) is 6.07 Å². The van der Waals surface area contributed by atoms with Crippen LogP contribution in [0.2, 0.25) is 0 Å². The van der Waals surface area contributed by atoms with Crippen LogP contribution in [0.25, 0.3) is 0 Å². The number of hydrogen-bond donors (Lipinski definition) is 1. The van der Waals surface area contributed by atoms with Crippen molar-refractivity contribution < 1.29 is 9.84 Å². The molecule has 3 nitrogen and oxygen atoms in total. The van der Waals surface area contributed by atoms with E-state index in [1.165, 1.54) is 0 Å². The maximum Gasteiger partial charge on any atom is 0.213 e. The number of ether oxygens (including phenoxy) is 1. The van der Waals surface area contributed by atoms with Crippen molar-refractivity contribution in [2.75, 3.05) is 6.61 Å². The number of aromatic nitrogens is 1. The van der Waals surface area contributed by atoms with Crippen LogP contribution < -0.4 is 4.74 Å². The Kier molecular flexibility index (Phi) is 2.53. The fourth-order valence-electron chi connectivity index (χ4n) is 1.01. The van der Waals surface area contributed by atoms with Gasteiger partial charge in [0.15, 0.2) is 0 Å². The molecule has 0 radical (unpaired) electrons. The van der Waals surface area contributed by atoms with E-state index in [0.29, 0.717) is 18.2 Å². The summed E-state index contributed by atoms with van der Waals surface area (Å²) in [5.41, 5.74) is 1.41. The predicted molar refractivity (Wildman–Crippen MR) is 46.5 cm³/mol. The Morgan fingerprint density at radius 1 is 1.50 bits per heavy atom. The van der Waals surface area contributed by atoms with Crippen LogP contribution in [0.1, 0.15) is 18.2 Å². The summed E-state index contributed by atoms with van der Waals surface area (Å²) < 4.78 is 5.20. The lowest BCUT2D eigenvalue weighted by Crippen LogP contribution is -1.96. The summed E-state index contributed by atoms with van der Waals surface area (Å²) in [5.74, 6) is 0.823. The van der Waals surface area contributed by atoms with E-state index < -0.39 is 0 Å². The molecule has 0 fully saturated rings. The summed E-state index contributed by atoms with van der Waals surface area (Å²) >= 11 is 0. The van der Waals surface area contributed by atoms with Crippen LogP contribution in [0, 0.1) is 13.8 Å². The Balaban J connectivity index is 3.04. The molecule has 0 saturated carbocycles. The Morgan fingerprint density at radius 2 is 2.17 bits per heavy atom. The molecule has 0 aromatic carbocycles. The van der Waals surface area contributed by atoms with Gasteiger partial charge in [-0.3, -0.25) is 0 Å². The van der Waals surface area contributed by atoms with Gasteiger partial charge in [-0.15, -0.1) is 0 Å². The molecule has 1 aromatic rings. The van der Waals surface area contributed by atoms with Crippen LogP contribution >= 0.6 is 0 Å². The summed E-state index contributed by atoms with van der Waals surface area (Å²) in [6.45, 7) is 6.08. The fraction of sp³-hybridized carbons (Fsp3) is 0.444. The first-order valence-electron chi connectivity index (χ1n) is 3.95. The highest BCUT2D eigenvalue weighted by Crippen LogP contribution is 2.23. The van der Waals surface area contributed by atoms with E-state index in [1.807, 2.05) is 13.8 Å². The molecule has 1 rings (SSSR count). The number of aryl methyl sites for hydroxylation is 2. The molecule has 0 amide bonds. The second-order valence-corrected chi connectivity index (χ2v) is 2.64. The summed E-state index contributed by atoms with van der Waals surface area (Å²) in [6.07, 6.45) is 0. The average molecular weight is 167 g/mol. The third-order valence-corrected chi connectivity index (χ3v) is 1.63. The van der Waals surface area contributed by atoms with E-state index in [-0.39, 0.29) is 5.75 Å². The summed E-state index contributed by atoms with van der Waals surface area (Å²) in [7, 11) is 0. The van der Waals surface area contributed by atoms with E-state index >= 15 is 0 Å². The second-order valence-electron chi connectivity index (χ2n) is 2.64. The van der Waals surface area contributed by atoms with E-state index in [0.717, 1.165) is 5.56 Å². The maximum absolute atomic E-state index is 9.38. The summed E-state index contributed by atoms with van der Waals surface area (Å²) in [4.78, 5) is 4.05. The van der Waals surface area contributed by atoms with Crippen molar-refractivity contribution in [3.8, 4) is 11.6 Å². The minimum atomic E-state index is 0.249. The molecule has 1 heterocycles. The molecule has 0 atom stereocenters. The molecule has 0 bridgehead atoms. The Morgan fingerprint density at radius 3 is 2.67 bits per heavy atom. The molecule has 0 aliphatic carbocycles. The zero-order chi connectivity index (χ0) is 9.14. The van der Waals surface area contributed by atoms with Gasteiger partial charge in [-0.05, 0) is 26.3 Å². The van der Waals surface area contributed by atoms with E-state index in [1.54, 1.807) is 13.0 Å². The number of pyridine rings is 1. The van der Waals surface area contributed by atoms with Gasteiger partial charge in [0.1, 0.15) is 5.75 Å². The molecule has 0 unspecified atom stereocenters. The van der Waals surface area contributed by atoms with Crippen LogP contribution in [-0.4, -0.2) is 16.7 Å². The van der Waals surface area contributed by atoms with Gasteiger partial charge in [-0.2, -0.15) is 0 Å². The van der Waals surface area contributed by atoms with Crippen LogP contribution in [-0.2, 0) is 0 Å². The number of rotatable bonds is 2. The van der Waals surface area contributed by atoms with Crippen molar-refractivity contribution in [2.45, 2.75) is 20.8 Å². The number of hydrogen-bond acceptors (Lipinski definition) is 3. The molecular formula is C9H13NO2. The summed E-state index contributed by atoms with van der Waals surface area (Å²) in [5, 5.41) is 9.38. The second kappa shape index (κ2) is 3.43. The lowest BCUT2D eigenvalue weighted by molar-refractivity contribution is 0.324. The number of aromatic hydroxyl groups is 1. The topological polar surface area (TPSA) is 42.4 Å². The highest BCUT2D eigenvalue weighted by molar-refractivity contribution is 5.37. The van der Waals surface area contributed by atoms with Gasteiger partial charge in [-0.1, -0.05) is 0 Å². The molecule has 12 heavy (non-hydrogen) atoms. The van der Waals surface area contributed by atoms with Gasteiger partial charge >= 0.3 is 0 Å². The standard InChI is InChI=1S/C9H13NO2/c1-4-12-8-5-6(2)9(11)7(3)10-8/h5,11H,4H2,1-3H3. The van der Waals surface area contributed by atoms with Gasteiger partial charge in [0.25, 0.3) is 0 Å². The van der Waals surface area contributed by atoms with Crippen LogP contribution in [0.3, 0.4) is 0 Å². The lowest BCUT2D eigenvalue weighted by atomic mass is 10.2. The first-order chi connectivity index (χ1) is 5.65. The number of nitrogens with zero attached hydrogens (tertiary/aromatic N) is 1. The Hall–Kier alpha value is -1.25. The van der Waals surface area contributed by atoms with Crippen molar-refractivity contribution in [3.63, 3.8) is 0 Å². The molecule has 3 heteroatoms. The SMILES string of the molecule is CCOc1cc(C)c(O)c(C)n1. The quantitative estimate of drug-likeness (QED) is 0.730. The fourth-order valence-corrected chi connectivity index (χ4v) is 1.01. The molecule has 0 aliphatic heterocycles. The highest BCUT2D eigenvalue weighted by Gasteiger charge is 2.04. The molecular weight excluding hydrogens is 154 g/mol. The van der Waals surface area contributed by atoms with Gasteiger partial charge in [0.2, 0.25) is 5.88 Å². The smallest absolute Gasteiger partial charge is 0.213 e. The zero-order valence-corrected chi connectivity index (χ0v) is 7.59. The minimum Gasteiger partial charge on any atom is -0.506 e. The van der Waals surface area contributed by atoms with Crippen LogP contribution in [0.4, 0.5) is 0 Å². The van der Waals surface area contributed by atoms with Crippen molar-refractivity contribution in [1.29, 1.82) is 0 Å². The first-order valence-corrected chi connectivity index (χ1v) is 3.95. The average Bonchev–Trinajstić information content (AvgIpc) is 2.01.